The van der Waals surface area contributed by atoms with Gasteiger partial charge in [-0.15, -0.1) is 11.3 Å². The number of Topliss-reactive ketones (excluding diaryl/α,β-unsaturated/α-hetero) is 1. The number of benzene rings is 1. The lowest BCUT2D eigenvalue weighted by Gasteiger charge is -2.18. The summed E-state index contributed by atoms with van der Waals surface area (Å²) >= 11 is 1.17. The summed E-state index contributed by atoms with van der Waals surface area (Å²) in [6, 6.07) is 8.28. The highest BCUT2D eigenvalue weighted by Crippen LogP contribution is 2.26. The standard InChI is InChI=1S/C15H17NO4S2/c1-11(17)12-6-7-14(20-3)13(9-12)10-16(2)22(18,19)15-5-4-8-21-15/h4-9H,10H2,1-3H3. The number of nitrogens with zero attached hydrogens (tertiary/aromatic N) is 1. The van der Waals surface area contributed by atoms with Crippen LogP contribution in [0.4, 0.5) is 0 Å². The van der Waals surface area contributed by atoms with Crippen molar-refractivity contribution in [3.63, 3.8) is 0 Å². The third kappa shape index (κ3) is 3.37. The molecular weight excluding hydrogens is 322 g/mol. The first kappa shape index (κ1) is 16.7. The molecule has 0 saturated heterocycles. The van der Waals surface area contributed by atoms with Crippen LogP contribution in [0.2, 0.25) is 0 Å². The second-order valence-corrected chi connectivity index (χ2v) is 8.00. The van der Waals surface area contributed by atoms with E-state index < -0.39 is 10.0 Å². The first-order chi connectivity index (χ1) is 10.4. The minimum atomic E-state index is -3.54. The van der Waals surface area contributed by atoms with Crippen LogP contribution >= 0.6 is 11.3 Å². The zero-order valence-electron chi connectivity index (χ0n) is 12.6. The van der Waals surface area contributed by atoms with Crippen molar-refractivity contribution in [3.05, 3.63) is 46.8 Å². The van der Waals surface area contributed by atoms with E-state index in [1.807, 2.05) is 0 Å². The quantitative estimate of drug-likeness (QED) is 0.759. The lowest BCUT2D eigenvalue weighted by Crippen LogP contribution is -2.26. The van der Waals surface area contributed by atoms with Crippen LogP contribution in [0.25, 0.3) is 0 Å². The molecule has 118 valence electrons. The van der Waals surface area contributed by atoms with E-state index in [0.717, 1.165) is 0 Å². The van der Waals surface area contributed by atoms with Crippen LogP contribution in [0.5, 0.6) is 5.75 Å². The van der Waals surface area contributed by atoms with Gasteiger partial charge in [-0.3, -0.25) is 4.79 Å². The number of sulfonamides is 1. The van der Waals surface area contributed by atoms with Crippen molar-refractivity contribution in [1.29, 1.82) is 0 Å². The highest BCUT2D eigenvalue weighted by atomic mass is 32.2. The molecule has 0 radical (unpaired) electrons. The van der Waals surface area contributed by atoms with Crippen molar-refractivity contribution >= 4 is 27.1 Å². The molecule has 5 nitrogen and oxygen atoms in total. The summed E-state index contributed by atoms with van der Waals surface area (Å²) in [5.74, 6) is 0.478. The van der Waals surface area contributed by atoms with Crippen molar-refractivity contribution in [2.45, 2.75) is 17.7 Å². The summed E-state index contributed by atoms with van der Waals surface area (Å²) < 4.78 is 31.7. The fraction of sp³-hybridized carbons (Fsp3) is 0.267. The van der Waals surface area contributed by atoms with E-state index in [9.17, 15) is 13.2 Å². The highest BCUT2D eigenvalue weighted by Gasteiger charge is 2.23. The van der Waals surface area contributed by atoms with E-state index in [0.29, 0.717) is 16.9 Å². The van der Waals surface area contributed by atoms with Gasteiger partial charge in [-0.05, 0) is 36.6 Å². The minimum Gasteiger partial charge on any atom is -0.496 e. The van der Waals surface area contributed by atoms with Crippen LogP contribution in [0.1, 0.15) is 22.8 Å². The average Bonchev–Trinajstić information content (AvgIpc) is 3.01. The van der Waals surface area contributed by atoms with E-state index >= 15 is 0 Å². The first-order valence-electron chi connectivity index (χ1n) is 6.54. The second kappa shape index (κ2) is 6.60. The molecule has 2 rings (SSSR count). The largest absolute Gasteiger partial charge is 0.496 e. The normalized spacial score (nSPS) is 11.6. The maximum atomic E-state index is 12.4. The van der Waals surface area contributed by atoms with Crippen molar-refractivity contribution in [2.75, 3.05) is 14.2 Å². The number of thiophene rings is 1. The Kier molecular flexibility index (Phi) is 5.00. The Morgan fingerprint density at radius 3 is 2.59 bits per heavy atom. The third-order valence-electron chi connectivity index (χ3n) is 3.24. The van der Waals surface area contributed by atoms with Gasteiger partial charge in [0.15, 0.2) is 5.78 Å². The predicted octanol–water partition coefficient (Wildman–Crippen LogP) is 2.78. The molecule has 0 amide bonds. The summed E-state index contributed by atoms with van der Waals surface area (Å²) in [5, 5.41) is 1.72. The van der Waals surface area contributed by atoms with Gasteiger partial charge in [-0.2, -0.15) is 4.31 Å². The Balaban J connectivity index is 2.33. The number of carbonyl (C=O) groups is 1. The van der Waals surface area contributed by atoms with E-state index in [4.69, 9.17) is 4.74 Å². The van der Waals surface area contributed by atoms with Gasteiger partial charge in [-0.25, -0.2) is 8.42 Å². The van der Waals surface area contributed by atoms with Crippen molar-refractivity contribution in [3.8, 4) is 5.75 Å². The van der Waals surface area contributed by atoms with Gasteiger partial charge in [0.2, 0.25) is 0 Å². The van der Waals surface area contributed by atoms with Gasteiger partial charge in [0.25, 0.3) is 10.0 Å². The predicted molar refractivity (Wildman–Crippen MR) is 86.0 cm³/mol. The van der Waals surface area contributed by atoms with Crippen LogP contribution in [0.15, 0.2) is 39.9 Å². The van der Waals surface area contributed by atoms with Gasteiger partial charge in [0, 0.05) is 24.7 Å². The number of ether oxygens (including phenoxy) is 1. The Bertz CT molecular complexity index is 767. The Morgan fingerprint density at radius 1 is 1.32 bits per heavy atom. The number of hydrogen-bond acceptors (Lipinski definition) is 5. The average molecular weight is 339 g/mol. The fourth-order valence-electron chi connectivity index (χ4n) is 2.01. The number of methoxy groups -OCH3 is 1. The molecule has 0 N–H and O–H groups in total. The lowest BCUT2D eigenvalue weighted by molar-refractivity contribution is 0.101. The molecule has 0 unspecified atom stereocenters. The molecule has 0 aliphatic heterocycles. The number of carbonyl (C=O) groups excluding carboxylic acids is 1. The summed E-state index contributed by atoms with van der Waals surface area (Å²) in [4.78, 5) is 11.5. The van der Waals surface area contributed by atoms with E-state index in [-0.39, 0.29) is 16.5 Å². The van der Waals surface area contributed by atoms with Gasteiger partial charge >= 0.3 is 0 Å². The van der Waals surface area contributed by atoms with Gasteiger partial charge in [-0.1, -0.05) is 6.07 Å². The van der Waals surface area contributed by atoms with E-state index in [2.05, 4.69) is 0 Å². The molecule has 1 heterocycles. The van der Waals surface area contributed by atoms with Crippen LogP contribution in [-0.2, 0) is 16.6 Å². The maximum Gasteiger partial charge on any atom is 0.252 e. The lowest BCUT2D eigenvalue weighted by atomic mass is 10.1. The molecule has 0 atom stereocenters. The molecule has 0 saturated carbocycles. The van der Waals surface area contributed by atoms with Crippen LogP contribution < -0.4 is 4.74 Å². The molecule has 2 aromatic rings. The topological polar surface area (TPSA) is 63.7 Å². The van der Waals surface area contributed by atoms with Gasteiger partial charge < -0.3 is 4.74 Å². The molecule has 0 aliphatic rings. The second-order valence-electron chi connectivity index (χ2n) is 4.78. The Morgan fingerprint density at radius 2 is 2.05 bits per heavy atom. The van der Waals surface area contributed by atoms with Crippen LogP contribution in [0.3, 0.4) is 0 Å². The fourth-order valence-corrected chi connectivity index (χ4v) is 4.36. The minimum absolute atomic E-state index is 0.0762. The number of rotatable bonds is 6. The SMILES string of the molecule is COc1ccc(C(C)=O)cc1CN(C)S(=O)(=O)c1cccs1. The van der Waals surface area contributed by atoms with Gasteiger partial charge in [0.05, 0.1) is 7.11 Å². The molecule has 0 fully saturated rings. The highest BCUT2D eigenvalue weighted by molar-refractivity contribution is 7.91. The maximum absolute atomic E-state index is 12.4. The smallest absolute Gasteiger partial charge is 0.252 e. The molecular formula is C15H17NO4S2. The Hall–Kier alpha value is -1.70. The summed E-state index contributed by atoms with van der Waals surface area (Å²) in [6.45, 7) is 1.60. The summed E-state index contributed by atoms with van der Waals surface area (Å²) in [5.41, 5.74) is 1.18. The van der Waals surface area contributed by atoms with Crippen molar-refractivity contribution in [2.24, 2.45) is 0 Å². The zero-order valence-corrected chi connectivity index (χ0v) is 14.2. The zero-order chi connectivity index (χ0) is 16.3. The molecule has 0 bridgehead atoms. The molecule has 7 heteroatoms. The number of hydrogen-bond donors (Lipinski definition) is 0. The molecule has 0 spiro atoms. The van der Waals surface area contributed by atoms with Gasteiger partial charge in [0.1, 0.15) is 9.96 Å². The summed E-state index contributed by atoms with van der Waals surface area (Å²) in [6.07, 6.45) is 0. The Labute approximate surface area is 134 Å². The molecule has 22 heavy (non-hydrogen) atoms. The monoisotopic (exact) mass is 339 g/mol. The summed E-state index contributed by atoms with van der Waals surface area (Å²) in [7, 11) is -0.518. The van der Waals surface area contributed by atoms with Crippen LogP contribution in [-0.4, -0.2) is 32.7 Å². The molecule has 1 aromatic heterocycles. The van der Waals surface area contributed by atoms with E-state index in [1.54, 1.807) is 35.7 Å². The van der Waals surface area contributed by atoms with Crippen molar-refractivity contribution in [1.82, 2.24) is 4.31 Å². The first-order valence-corrected chi connectivity index (χ1v) is 8.86. The van der Waals surface area contributed by atoms with Crippen LogP contribution in [0, 0.1) is 0 Å². The third-order valence-corrected chi connectivity index (χ3v) is 6.42. The number of ketones is 1. The molecule has 0 aliphatic carbocycles. The molecule has 1 aromatic carbocycles. The van der Waals surface area contributed by atoms with Crippen molar-refractivity contribution < 1.29 is 17.9 Å². The van der Waals surface area contributed by atoms with E-state index in [1.165, 1.54) is 36.7 Å².